The molecule has 1 aliphatic rings. The minimum atomic E-state index is 0.0395. The summed E-state index contributed by atoms with van der Waals surface area (Å²) in [4.78, 5) is 16.7. The smallest absolute Gasteiger partial charge is 0.254 e. The van der Waals surface area contributed by atoms with E-state index in [1.165, 1.54) is 0 Å². The van der Waals surface area contributed by atoms with Gasteiger partial charge in [-0.25, -0.2) is 0 Å². The Balaban J connectivity index is 1.66. The van der Waals surface area contributed by atoms with E-state index in [4.69, 9.17) is 23.2 Å². The molecular weight excluding hydrogens is 331 g/mol. The van der Waals surface area contributed by atoms with E-state index in [0.29, 0.717) is 23.7 Å². The van der Waals surface area contributed by atoms with Crippen LogP contribution in [0.2, 0.25) is 10.0 Å². The number of nitrogens with zero attached hydrogens (tertiary/aromatic N) is 2. The first-order chi connectivity index (χ1) is 11.0. The molecule has 3 nitrogen and oxygen atoms in total. The van der Waals surface area contributed by atoms with E-state index in [0.717, 1.165) is 29.4 Å². The molecule has 0 unspecified atom stereocenters. The Hall–Kier alpha value is -1.71. The number of halogens is 2. The van der Waals surface area contributed by atoms with E-state index in [2.05, 4.69) is 4.90 Å². The van der Waals surface area contributed by atoms with Gasteiger partial charge in [-0.2, -0.15) is 0 Å². The van der Waals surface area contributed by atoms with Crippen LogP contribution in [-0.4, -0.2) is 37.0 Å². The molecule has 0 aromatic heterocycles. The number of amides is 1. The summed E-state index contributed by atoms with van der Waals surface area (Å²) in [5.74, 6) is 0.0395. The van der Waals surface area contributed by atoms with Gasteiger partial charge in [-0.3, -0.25) is 4.79 Å². The molecule has 120 valence electrons. The highest BCUT2D eigenvalue weighted by molar-refractivity contribution is 6.31. The quantitative estimate of drug-likeness (QED) is 0.809. The molecule has 0 atom stereocenters. The van der Waals surface area contributed by atoms with E-state index in [9.17, 15) is 4.79 Å². The van der Waals surface area contributed by atoms with Crippen LogP contribution in [-0.2, 0) is 0 Å². The van der Waals surface area contributed by atoms with Gasteiger partial charge in [-0.15, -0.1) is 0 Å². The van der Waals surface area contributed by atoms with Crippen molar-refractivity contribution in [1.29, 1.82) is 0 Å². The molecule has 1 aliphatic heterocycles. The van der Waals surface area contributed by atoms with Gasteiger partial charge in [0, 0.05) is 47.5 Å². The van der Waals surface area contributed by atoms with Crippen molar-refractivity contribution < 1.29 is 4.79 Å². The van der Waals surface area contributed by atoms with E-state index < -0.39 is 0 Å². The molecule has 3 rings (SSSR count). The van der Waals surface area contributed by atoms with Crippen LogP contribution >= 0.6 is 23.2 Å². The van der Waals surface area contributed by atoms with Gasteiger partial charge in [0.2, 0.25) is 0 Å². The topological polar surface area (TPSA) is 23.6 Å². The van der Waals surface area contributed by atoms with Crippen LogP contribution in [0.4, 0.5) is 5.69 Å². The molecule has 2 aromatic carbocycles. The van der Waals surface area contributed by atoms with Crippen LogP contribution < -0.4 is 4.90 Å². The number of anilines is 1. The first kappa shape index (κ1) is 16.2. The third-order valence-corrected chi connectivity index (χ3v) is 4.80. The summed E-state index contributed by atoms with van der Waals surface area (Å²) in [5.41, 5.74) is 2.73. The number of carbonyl (C=O) groups excluding carboxylic acids is 1. The van der Waals surface area contributed by atoms with Crippen LogP contribution in [0.25, 0.3) is 0 Å². The van der Waals surface area contributed by atoms with E-state index in [-0.39, 0.29) is 5.91 Å². The number of piperazine rings is 1. The molecule has 5 heteroatoms. The van der Waals surface area contributed by atoms with E-state index >= 15 is 0 Å². The molecule has 2 aromatic rings. The van der Waals surface area contributed by atoms with Crippen LogP contribution in [0.5, 0.6) is 0 Å². The molecular formula is C18H18Cl2N2O. The molecule has 1 saturated heterocycles. The van der Waals surface area contributed by atoms with Crippen LogP contribution in [0.1, 0.15) is 15.9 Å². The highest BCUT2D eigenvalue weighted by Gasteiger charge is 2.22. The Bertz CT molecular complexity index is 725. The van der Waals surface area contributed by atoms with Gasteiger partial charge in [0.25, 0.3) is 5.91 Å². The molecule has 0 spiro atoms. The van der Waals surface area contributed by atoms with Crippen molar-refractivity contribution >= 4 is 34.8 Å². The van der Waals surface area contributed by atoms with Gasteiger partial charge >= 0.3 is 0 Å². The highest BCUT2D eigenvalue weighted by Crippen LogP contribution is 2.22. The van der Waals surface area contributed by atoms with Gasteiger partial charge in [0.15, 0.2) is 0 Å². The maximum atomic E-state index is 12.6. The van der Waals surface area contributed by atoms with Gasteiger partial charge in [-0.05, 0) is 42.8 Å². The normalized spacial score (nSPS) is 14.9. The summed E-state index contributed by atoms with van der Waals surface area (Å²) in [5, 5.41) is 1.36. The minimum Gasteiger partial charge on any atom is -0.368 e. The second kappa shape index (κ2) is 6.81. The number of rotatable bonds is 2. The van der Waals surface area contributed by atoms with Crippen molar-refractivity contribution in [2.24, 2.45) is 0 Å². The van der Waals surface area contributed by atoms with Crippen molar-refractivity contribution in [3.63, 3.8) is 0 Å². The fourth-order valence-corrected chi connectivity index (χ4v) is 3.11. The zero-order valence-electron chi connectivity index (χ0n) is 12.9. The average Bonchev–Trinajstić information content (AvgIpc) is 2.57. The summed E-state index contributed by atoms with van der Waals surface area (Å²) >= 11 is 12.2. The lowest BCUT2D eigenvalue weighted by Crippen LogP contribution is -2.48. The summed E-state index contributed by atoms with van der Waals surface area (Å²) < 4.78 is 0. The van der Waals surface area contributed by atoms with Crippen LogP contribution in [0.15, 0.2) is 42.5 Å². The molecule has 0 radical (unpaired) electrons. The van der Waals surface area contributed by atoms with Crippen molar-refractivity contribution in [3.8, 4) is 0 Å². The molecule has 0 bridgehead atoms. The molecule has 23 heavy (non-hydrogen) atoms. The third-order valence-electron chi connectivity index (χ3n) is 4.16. The standard InChI is InChI=1S/C18H18Cl2N2O/c1-13-5-6-14(11-17(13)20)18(23)22-9-7-21(8-10-22)16-4-2-3-15(19)12-16/h2-6,11-12H,7-10H2,1H3. The Kier molecular flexibility index (Phi) is 4.79. The summed E-state index contributed by atoms with van der Waals surface area (Å²) in [6.45, 7) is 4.91. The Morgan fingerprint density at radius 1 is 1.00 bits per heavy atom. The summed E-state index contributed by atoms with van der Waals surface area (Å²) in [6.07, 6.45) is 0. The second-order valence-electron chi connectivity index (χ2n) is 5.72. The predicted octanol–water partition coefficient (Wildman–Crippen LogP) is 4.26. The summed E-state index contributed by atoms with van der Waals surface area (Å²) in [7, 11) is 0. The zero-order chi connectivity index (χ0) is 16.4. The molecule has 0 N–H and O–H groups in total. The highest BCUT2D eigenvalue weighted by atomic mass is 35.5. The monoisotopic (exact) mass is 348 g/mol. The fraction of sp³-hybridized carbons (Fsp3) is 0.278. The Morgan fingerprint density at radius 2 is 1.74 bits per heavy atom. The molecule has 0 saturated carbocycles. The van der Waals surface area contributed by atoms with Crippen molar-refractivity contribution in [1.82, 2.24) is 4.90 Å². The average molecular weight is 349 g/mol. The Labute approximate surface area is 146 Å². The number of hydrogen-bond donors (Lipinski definition) is 0. The lowest BCUT2D eigenvalue weighted by molar-refractivity contribution is 0.0747. The minimum absolute atomic E-state index is 0.0395. The van der Waals surface area contributed by atoms with Crippen LogP contribution in [0, 0.1) is 6.92 Å². The van der Waals surface area contributed by atoms with Gasteiger partial charge in [-0.1, -0.05) is 35.3 Å². The second-order valence-corrected chi connectivity index (χ2v) is 6.57. The van der Waals surface area contributed by atoms with Gasteiger partial charge < -0.3 is 9.80 Å². The van der Waals surface area contributed by atoms with E-state index in [1.54, 1.807) is 6.07 Å². The lowest BCUT2D eigenvalue weighted by atomic mass is 10.1. The number of carbonyl (C=O) groups is 1. The Morgan fingerprint density at radius 3 is 2.39 bits per heavy atom. The lowest BCUT2D eigenvalue weighted by Gasteiger charge is -2.36. The van der Waals surface area contributed by atoms with Gasteiger partial charge in [0.05, 0.1) is 0 Å². The summed E-state index contributed by atoms with van der Waals surface area (Å²) in [6, 6.07) is 13.3. The van der Waals surface area contributed by atoms with Crippen molar-refractivity contribution in [3.05, 3.63) is 63.6 Å². The first-order valence-electron chi connectivity index (χ1n) is 7.60. The fourth-order valence-electron chi connectivity index (χ4n) is 2.75. The third kappa shape index (κ3) is 3.62. The number of benzene rings is 2. The molecule has 0 aliphatic carbocycles. The first-order valence-corrected chi connectivity index (χ1v) is 8.36. The number of hydrogen-bond acceptors (Lipinski definition) is 2. The molecule has 1 heterocycles. The van der Waals surface area contributed by atoms with E-state index in [1.807, 2.05) is 48.2 Å². The largest absolute Gasteiger partial charge is 0.368 e. The van der Waals surface area contributed by atoms with Crippen molar-refractivity contribution in [2.75, 3.05) is 31.1 Å². The maximum absolute atomic E-state index is 12.6. The molecule has 1 fully saturated rings. The van der Waals surface area contributed by atoms with Crippen molar-refractivity contribution in [2.45, 2.75) is 6.92 Å². The molecule has 1 amide bonds. The number of aryl methyl sites for hydroxylation is 1. The maximum Gasteiger partial charge on any atom is 0.254 e. The van der Waals surface area contributed by atoms with Gasteiger partial charge in [0.1, 0.15) is 0 Å². The predicted molar refractivity (Wildman–Crippen MR) is 95.8 cm³/mol. The van der Waals surface area contributed by atoms with Crippen LogP contribution in [0.3, 0.4) is 0 Å². The zero-order valence-corrected chi connectivity index (χ0v) is 14.4. The SMILES string of the molecule is Cc1ccc(C(=O)N2CCN(c3cccc(Cl)c3)CC2)cc1Cl.